The number of alkyl halides is 1. The van der Waals surface area contributed by atoms with Gasteiger partial charge in [-0.25, -0.2) is 0 Å². The third-order valence-corrected chi connectivity index (χ3v) is 3.87. The number of hydrogen-bond acceptors (Lipinski definition) is 3. The quantitative estimate of drug-likeness (QED) is 0.784. The van der Waals surface area contributed by atoms with Gasteiger partial charge in [0.2, 0.25) is 5.76 Å². The predicted molar refractivity (Wildman–Crippen MR) is 63.7 cm³/mol. The Hall–Kier alpha value is -0.840. The summed E-state index contributed by atoms with van der Waals surface area (Å²) in [6.07, 6.45) is 2.12. The first-order valence-corrected chi connectivity index (χ1v) is 6.61. The van der Waals surface area contributed by atoms with Gasteiger partial charge in [0.15, 0.2) is 0 Å². The zero-order chi connectivity index (χ0) is 11.5. The smallest absolute Gasteiger partial charge is 0.292 e. The molecule has 1 aromatic heterocycles. The van der Waals surface area contributed by atoms with Crippen molar-refractivity contribution in [3.05, 3.63) is 17.5 Å². The second-order valence-corrected chi connectivity index (χ2v) is 4.87. The molecule has 1 aromatic rings. The van der Waals surface area contributed by atoms with Crippen LogP contribution in [0.25, 0.3) is 0 Å². The van der Waals surface area contributed by atoms with Gasteiger partial charge in [-0.15, -0.1) is 0 Å². The average Bonchev–Trinajstić information content (AvgIpc) is 2.75. The Labute approximate surface area is 103 Å². The second-order valence-electron chi connectivity index (χ2n) is 4.22. The Kier molecular flexibility index (Phi) is 3.63. The summed E-state index contributed by atoms with van der Waals surface area (Å²) in [6, 6.07) is 1.69. The van der Waals surface area contributed by atoms with Crippen LogP contribution in [0.3, 0.4) is 0 Å². The molecule has 5 heteroatoms. The lowest BCUT2D eigenvalue weighted by molar-refractivity contribution is 0.0657. The SMILES string of the molecule is Cc1cc(C(=O)N2CCC(CBr)CC2)on1. The molecule has 0 spiro atoms. The molecule has 4 nitrogen and oxygen atoms in total. The van der Waals surface area contributed by atoms with Gasteiger partial charge in [-0.1, -0.05) is 21.1 Å². The van der Waals surface area contributed by atoms with E-state index in [1.807, 2.05) is 11.8 Å². The van der Waals surface area contributed by atoms with Crippen LogP contribution in [0.1, 0.15) is 29.1 Å². The lowest BCUT2D eigenvalue weighted by atomic mass is 9.99. The largest absolute Gasteiger partial charge is 0.351 e. The molecular weight excluding hydrogens is 272 g/mol. The van der Waals surface area contributed by atoms with E-state index in [0.717, 1.165) is 37.0 Å². The van der Waals surface area contributed by atoms with Crippen molar-refractivity contribution in [2.45, 2.75) is 19.8 Å². The molecule has 1 aliphatic rings. The second kappa shape index (κ2) is 4.99. The minimum Gasteiger partial charge on any atom is -0.351 e. The fraction of sp³-hybridized carbons (Fsp3) is 0.636. The van der Waals surface area contributed by atoms with Crippen LogP contribution < -0.4 is 0 Å². The van der Waals surface area contributed by atoms with Crippen molar-refractivity contribution in [3.63, 3.8) is 0 Å². The van der Waals surface area contributed by atoms with E-state index in [1.165, 1.54) is 0 Å². The van der Waals surface area contributed by atoms with Crippen LogP contribution in [0, 0.1) is 12.8 Å². The highest BCUT2D eigenvalue weighted by Gasteiger charge is 2.25. The molecule has 0 bridgehead atoms. The Morgan fingerprint density at radius 3 is 2.81 bits per heavy atom. The zero-order valence-electron chi connectivity index (χ0n) is 9.28. The first-order chi connectivity index (χ1) is 7.70. The minimum atomic E-state index is -0.0337. The number of aromatic nitrogens is 1. The van der Waals surface area contributed by atoms with Crippen LogP contribution in [-0.2, 0) is 0 Å². The number of nitrogens with zero attached hydrogens (tertiary/aromatic N) is 2. The molecule has 1 fully saturated rings. The van der Waals surface area contributed by atoms with Gasteiger partial charge in [0.25, 0.3) is 5.91 Å². The third-order valence-electron chi connectivity index (χ3n) is 2.96. The van der Waals surface area contributed by atoms with Crippen molar-refractivity contribution in [2.24, 2.45) is 5.92 Å². The van der Waals surface area contributed by atoms with Crippen molar-refractivity contribution in [1.82, 2.24) is 10.1 Å². The Morgan fingerprint density at radius 2 is 2.31 bits per heavy atom. The van der Waals surface area contributed by atoms with Crippen LogP contribution >= 0.6 is 15.9 Å². The number of carbonyl (C=O) groups excluding carboxylic acids is 1. The molecule has 88 valence electrons. The number of piperidine rings is 1. The van der Waals surface area contributed by atoms with Crippen molar-refractivity contribution in [3.8, 4) is 0 Å². The zero-order valence-corrected chi connectivity index (χ0v) is 10.9. The van der Waals surface area contributed by atoms with E-state index in [0.29, 0.717) is 11.7 Å². The number of halogens is 1. The summed E-state index contributed by atoms with van der Waals surface area (Å²) in [6.45, 7) is 3.45. The van der Waals surface area contributed by atoms with Gasteiger partial charge in [-0.2, -0.15) is 0 Å². The van der Waals surface area contributed by atoms with Crippen LogP contribution in [-0.4, -0.2) is 34.4 Å². The molecular formula is C11H15BrN2O2. The maximum absolute atomic E-state index is 12.0. The van der Waals surface area contributed by atoms with Crippen LogP contribution in [0.2, 0.25) is 0 Å². The fourth-order valence-electron chi connectivity index (χ4n) is 1.91. The molecule has 0 N–H and O–H groups in total. The average molecular weight is 287 g/mol. The highest BCUT2D eigenvalue weighted by Crippen LogP contribution is 2.20. The summed E-state index contributed by atoms with van der Waals surface area (Å²) in [5.74, 6) is 1.02. The number of carbonyl (C=O) groups is 1. The number of hydrogen-bond donors (Lipinski definition) is 0. The van der Waals surface area contributed by atoms with Crippen LogP contribution in [0.5, 0.6) is 0 Å². The molecule has 0 aliphatic carbocycles. The normalized spacial score (nSPS) is 17.8. The fourth-order valence-corrected chi connectivity index (χ4v) is 2.56. The molecule has 0 aromatic carbocycles. The minimum absolute atomic E-state index is 0.0337. The van der Waals surface area contributed by atoms with E-state index in [2.05, 4.69) is 21.1 Å². The molecule has 2 rings (SSSR count). The van der Waals surface area contributed by atoms with Gasteiger partial charge >= 0.3 is 0 Å². The summed E-state index contributed by atoms with van der Waals surface area (Å²) in [4.78, 5) is 13.8. The molecule has 0 radical (unpaired) electrons. The molecule has 1 amide bonds. The van der Waals surface area contributed by atoms with Crippen molar-refractivity contribution in [2.75, 3.05) is 18.4 Å². The third kappa shape index (κ3) is 2.45. The van der Waals surface area contributed by atoms with Crippen LogP contribution in [0.15, 0.2) is 10.6 Å². The number of aryl methyl sites for hydroxylation is 1. The summed E-state index contributed by atoms with van der Waals surface area (Å²) >= 11 is 3.48. The van der Waals surface area contributed by atoms with Crippen molar-refractivity contribution >= 4 is 21.8 Å². The van der Waals surface area contributed by atoms with Gasteiger partial charge in [-0.3, -0.25) is 4.79 Å². The monoisotopic (exact) mass is 286 g/mol. The Balaban J connectivity index is 1.96. The number of rotatable bonds is 2. The summed E-state index contributed by atoms with van der Waals surface area (Å²) in [5, 5.41) is 4.76. The van der Waals surface area contributed by atoms with E-state index in [9.17, 15) is 4.79 Å². The number of likely N-dealkylation sites (tertiary alicyclic amines) is 1. The lowest BCUT2D eigenvalue weighted by Gasteiger charge is -2.30. The highest BCUT2D eigenvalue weighted by molar-refractivity contribution is 9.09. The first-order valence-electron chi connectivity index (χ1n) is 5.49. The Morgan fingerprint density at radius 1 is 1.62 bits per heavy atom. The first kappa shape index (κ1) is 11.6. The van der Waals surface area contributed by atoms with E-state index in [-0.39, 0.29) is 5.91 Å². The van der Waals surface area contributed by atoms with Gasteiger partial charge in [0, 0.05) is 24.5 Å². The molecule has 0 atom stereocenters. The van der Waals surface area contributed by atoms with Gasteiger partial charge in [0.05, 0.1) is 5.69 Å². The van der Waals surface area contributed by atoms with E-state index in [4.69, 9.17) is 4.52 Å². The molecule has 0 unspecified atom stereocenters. The van der Waals surface area contributed by atoms with Crippen molar-refractivity contribution < 1.29 is 9.32 Å². The molecule has 1 saturated heterocycles. The summed E-state index contributed by atoms with van der Waals surface area (Å²) in [7, 11) is 0. The van der Waals surface area contributed by atoms with Gasteiger partial charge in [0.1, 0.15) is 0 Å². The summed E-state index contributed by atoms with van der Waals surface area (Å²) < 4.78 is 4.98. The molecule has 1 aliphatic heterocycles. The summed E-state index contributed by atoms with van der Waals surface area (Å²) in [5.41, 5.74) is 0.749. The lowest BCUT2D eigenvalue weighted by Crippen LogP contribution is -2.38. The van der Waals surface area contributed by atoms with Gasteiger partial charge in [-0.05, 0) is 25.7 Å². The maximum atomic E-state index is 12.0. The predicted octanol–water partition coefficient (Wildman–Crippen LogP) is 2.23. The standard InChI is InChI=1S/C11H15BrN2O2/c1-8-6-10(16-13-8)11(15)14-4-2-9(7-12)3-5-14/h6,9H,2-5,7H2,1H3. The molecule has 0 saturated carbocycles. The van der Waals surface area contributed by atoms with E-state index < -0.39 is 0 Å². The topological polar surface area (TPSA) is 46.3 Å². The number of amides is 1. The van der Waals surface area contributed by atoms with E-state index >= 15 is 0 Å². The molecule has 16 heavy (non-hydrogen) atoms. The Bertz CT molecular complexity index is 370. The maximum Gasteiger partial charge on any atom is 0.292 e. The van der Waals surface area contributed by atoms with Crippen molar-refractivity contribution in [1.29, 1.82) is 0 Å². The highest BCUT2D eigenvalue weighted by atomic mass is 79.9. The van der Waals surface area contributed by atoms with Gasteiger partial charge < -0.3 is 9.42 Å². The van der Waals surface area contributed by atoms with Crippen LogP contribution in [0.4, 0.5) is 0 Å². The van der Waals surface area contributed by atoms with E-state index in [1.54, 1.807) is 6.07 Å². The molecule has 2 heterocycles.